The van der Waals surface area contributed by atoms with Crippen molar-refractivity contribution in [1.82, 2.24) is 0 Å². The Balaban J connectivity index is 1.85. The van der Waals surface area contributed by atoms with E-state index in [1.54, 1.807) is 18.2 Å². The number of esters is 1. The lowest BCUT2D eigenvalue weighted by Crippen LogP contribution is -2.14. The molecule has 1 aromatic carbocycles. The summed E-state index contributed by atoms with van der Waals surface area (Å²) in [6.07, 6.45) is 6.22. The van der Waals surface area contributed by atoms with E-state index in [9.17, 15) is 14.9 Å². The topological polar surface area (TPSA) is 69.4 Å². The first-order valence-electron chi connectivity index (χ1n) is 7.04. The van der Waals surface area contributed by atoms with E-state index in [1.165, 1.54) is 25.3 Å². The molecule has 2 rings (SSSR count). The third-order valence-electron chi connectivity index (χ3n) is 3.76. The molecule has 0 N–H and O–H groups in total. The van der Waals surface area contributed by atoms with Gasteiger partial charge in [0, 0.05) is 12.5 Å². The van der Waals surface area contributed by atoms with Crippen LogP contribution in [0.2, 0.25) is 0 Å². The van der Waals surface area contributed by atoms with E-state index in [4.69, 9.17) is 4.74 Å². The zero-order valence-corrected chi connectivity index (χ0v) is 11.4. The van der Waals surface area contributed by atoms with Crippen LogP contribution in [0.5, 0.6) is 0 Å². The van der Waals surface area contributed by atoms with Crippen LogP contribution in [0.1, 0.15) is 44.1 Å². The maximum Gasteiger partial charge on any atom is 0.306 e. The fourth-order valence-electron chi connectivity index (χ4n) is 2.66. The highest BCUT2D eigenvalue weighted by molar-refractivity contribution is 5.69. The molecule has 5 heteroatoms. The summed E-state index contributed by atoms with van der Waals surface area (Å²) in [4.78, 5) is 22.2. The summed E-state index contributed by atoms with van der Waals surface area (Å²) >= 11 is 0. The van der Waals surface area contributed by atoms with E-state index in [-0.39, 0.29) is 18.3 Å². The quantitative estimate of drug-likeness (QED) is 0.468. The van der Waals surface area contributed by atoms with Gasteiger partial charge in [-0.05, 0) is 24.8 Å². The van der Waals surface area contributed by atoms with E-state index >= 15 is 0 Å². The molecular weight excluding hydrogens is 258 g/mol. The third-order valence-corrected chi connectivity index (χ3v) is 3.76. The van der Waals surface area contributed by atoms with E-state index in [0.29, 0.717) is 17.9 Å². The Morgan fingerprint density at radius 2 is 1.95 bits per heavy atom. The Hall–Kier alpha value is -1.91. The first-order valence-corrected chi connectivity index (χ1v) is 7.04. The van der Waals surface area contributed by atoms with Gasteiger partial charge in [0.1, 0.15) is 6.61 Å². The maximum absolute atomic E-state index is 11.8. The van der Waals surface area contributed by atoms with E-state index < -0.39 is 4.92 Å². The van der Waals surface area contributed by atoms with Crippen LogP contribution < -0.4 is 0 Å². The number of hydrogen-bond acceptors (Lipinski definition) is 4. The number of hydrogen-bond donors (Lipinski definition) is 0. The van der Waals surface area contributed by atoms with Crippen molar-refractivity contribution in [1.29, 1.82) is 0 Å². The lowest BCUT2D eigenvalue weighted by Gasteiger charge is -2.20. The molecular formula is C15H19NO4. The molecule has 0 spiro atoms. The minimum absolute atomic E-state index is 0.00188. The van der Waals surface area contributed by atoms with Crippen molar-refractivity contribution in [2.45, 2.75) is 45.1 Å². The molecule has 0 aromatic heterocycles. The van der Waals surface area contributed by atoms with Crippen LogP contribution in [-0.2, 0) is 16.1 Å². The Morgan fingerprint density at radius 1 is 1.25 bits per heavy atom. The highest BCUT2D eigenvalue weighted by atomic mass is 16.6. The van der Waals surface area contributed by atoms with Gasteiger partial charge >= 0.3 is 5.97 Å². The SMILES string of the molecule is O=C(CC1CCCCC1)OCc1ccccc1[N+](=O)[O-]. The van der Waals surface area contributed by atoms with Gasteiger partial charge < -0.3 is 4.74 Å². The van der Waals surface area contributed by atoms with Crippen molar-refractivity contribution >= 4 is 11.7 Å². The molecule has 0 heterocycles. The van der Waals surface area contributed by atoms with Crippen molar-refractivity contribution in [3.63, 3.8) is 0 Å². The number of carbonyl (C=O) groups is 1. The zero-order chi connectivity index (χ0) is 14.4. The van der Waals surface area contributed by atoms with Crippen LogP contribution >= 0.6 is 0 Å². The van der Waals surface area contributed by atoms with Crippen LogP contribution in [0.4, 0.5) is 5.69 Å². The van der Waals surface area contributed by atoms with Crippen molar-refractivity contribution in [3.05, 3.63) is 39.9 Å². The fraction of sp³-hybridized carbons (Fsp3) is 0.533. The second-order valence-electron chi connectivity index (χ2n) is 5.25. The summed E-state index contributed by atoms with van der Waals surface area (Å²) in [6.45, 7) is -0.0251. The number of para-hydroxylation sites is 1. The van der Waals surface area contributed by atoms with Gasteiger partial charge in [0.15, 0.2) is 0 Å². The van der Waals surface area contributed by atoms with Crippen LogP contribution in [0.3, 0.4) is 0 Å². The second kappa shape index (κ2) is 7.03. The molecule has 5 nitrogen and oxygen atoms in total. The summed E-state index contributed by atoms with van der Waals surface area (Å²) < 4.78 is 5.18. The summed E-state index contributed by atoms with van der Waals surface area (Å²) in [5.74, 6) is 0.164. The Morgan fingerprint density at radius 3 is 2.65 bits per heavy atom. The lowest BCUT2D eigenvalue weighted by atomic mass is 9.87. The number of benzene rings is 1. The minimum atomic E-state index is -0.454. The average molecular weight is 277 g/mol. The molecule has 1 saturated carbocycles. The largest absolute Gasteiger partial charge is 0.461 e. The van der Waals surface area contributed by atoms with Gasteiger partial charge in [0.2, 0.25) is 0 Å². The summed E-state index contributed by atoms with van der Waals surface area (Å²) in [6, 6.07) is 6.35. The number of nitro benzene ring substituents is 1. The molecule has 1 aromatic rings. The molecule has 0 radical (unpaired) electrons. The second-order valence-corrected chi connectivity index (χ2v) is 5.25. The van der Waals surface area contributed by atoms with Crippen molar-refractivity contribution < 1.29 is 14.5 Å². The van der Waals surface area contributed by atoms with Crippen molar-refractivity contribution in [2.24, 2.45) is 5.92 Å². The number of carbonyl (C=O) groups excluding carboxylic acids is 1. The predicted molar refractivity (Wildman–Crippen MR) is 74.1 cm³/mol. The van der Waals surface area contributed by atoms with E-state index in [2.05, 4.69) is 0 Å². The van der Waals surface area contributed by atoms with Crippen LogP contribution in [0.15, 0.2) is 24.3 Å². The van der Waals surface area contributed by atoms with E-state index in [1.807, 2.05) is 0 Å². The van der Waals surface area contributed by atoms with E-state index in [0.717, 1.165) is 12.8 Å². The molecule has 1 aliphatic rings. The van der Waals surface area contributed by atoms with Crippen molar-refractivity contribution in [3.8, 4) is 0 Å². The first kappa shape index (κ1) is 14.5. The van der Waals surface area contributed by atoms with Gasteiger partial charge in [-0.25, -0.2) is 0 Å². The van der Waals surface area contributed by atoms with Gasteiger partial charge in [-0.1, -0.05) is 31.4 Å². The monoisotopic (exact) mass is 277 g/mol. The highest BCUT2D eigenvalue weighted by Crippen LogP contribution is 2.27. The number of ether oxygens (including phenoxy) is 1. The van der Waals surface area contributed by atoms with Crippen LogP contribution in [0.25, 0.3) is 0 Å². The van der Waals surface area contributed by atoms with Crippen LogP contribution in [0, 0.1) is 16.0 Å². The number of nitrogens with zero attached hydrogens (tertiary/aromatic N) is 1. The van der Waals surface area contributed by atoms with Gasteiger partial charge in [-0.3, -0.25) is 14.9 Å². The molecule has 0 atom stereocenters. The Bertz CT molecular complexity index is 481. The number of nitro groups is 1. The molecule has 20 heavy (non-hydrogen) atoms. The number of rotatable bonds is 5. The van der Waals surface area contributed by atoms with Crippen LogP contribution in [-0.4, -0.2) is 10.9 Å². The van der Waals surface area contributed by atoms with Gasteiger partial charge in [-0.2, -0.15) is 0 Å². The molecule has 1 fully saturated rings. The Labute approximate surface area is 118 Å². The maximum atomic E-state index is 11.8. The third kappa shape index (κ3) is 4.05. The van der Waals surface area contributed by atoms with Gasteiger partial charge in [0.25, 0.3) is 5.69 Å². The lowest BCUT2D eigenvalue weighted by molar-refractivity contribution is -0.385. The summed E-state index contributed by atoms with van der Waals surface area (Å²) in [7, 11) is 0. The van der Waals surface area contributed by atoms with Crippen molar-refractivity contribution in [2.75, 3.05) is 0 Å². The average Bonchev–Trinajstić information content (AvgIpc) is 2.46. The standard InChI is InChI=1S/C15H19NO4/c17-15(10-12-6-2-1-3-7-12)20-11-13-8-4-5-9-14(13)16(18)19/h4-5,8-9,12H,1-3,6-7,10-11H2. The predicted octanol–water partition coefficient (Wildman–Crippen LogP) is 3.61. The molecule has 0 bridgehead atoms. The van der Waals surface area contributed by atoms with Gasteiger partial charge in [0.05, 0.1) is 10.5 Å². The molecule has 1 aliphatic carbocycles. The molecule has 0 saturated heterocycles. The molecule has 0 unspecified atom stereocenters. The molecule has 108 valence electrons. The zero-order valence-electron chi connectivity index (χ0n) is 11.4. The van der Waals surface area contributed by atoms with Gasteiger partial charge in [-0.15, -0.1) is 0 Å². The molecule has 0 amide bonds. The fourth-order valence-corrected chi connectivity index (χ4v) is 2.66. The minimum Gasteiger partial charge on any atom is -0.461 e. The Kier molecular flexibility index (Phi) is 5.09. The summed E-state index contributed by atoms with van der Waals surface area (Å²) in [5, 5.41) is 10.8. The normalized spacial score (nSPS) is 15.8. The highest BCUT2D eigenvalue weighted by Gasteiger charge is 2.19. The molecule has 0 aliphatic heterocycles. The smallest absolute Gasteiger partial charge is 0.306 e. The summed E-state index contributed by atoms with van der Waals surface area (Å²) in [5.41, 5.74) is 0.437. The first-order chi connectivity index (χ1) is 9.66.